The molecule has 112 valence electrons. The Kier molecular flexibility index (Phi) is 5.71. The molecule has 0 heterocycles. The van der Waals surface area contributed by atoms with Gasteiger partial charge in [0.2, 0.25) is 0 Å². The zero-order valence-corrected chi connectivity index (χ0v) is 13.5. The zero-order chi connectivity index (χ0) is 15.2. The Balaban J connectivity index is 2.01. The predicted molar refractivity (Wildman–Crippen MR) is 89.8 cm³/mol. The van der Waals surface area contributed by atoms with Crippen LogP contribution in [0.1, 0.15) is 36.1 Å². The van der Waals surface area contributed by atoms with Crippen molar-refractivity contribution in [3.05, 3.63) is 65.2 Å². The van der Waals surface area contributed by atoms with Gasteiger partial charge in [0.15, 0.2) is 0 Å². The molecule has 0 fully saturated rings. The van der Waals surface area contributed by atoms with Crippen LogP contribution in [0.3, 0.4) is 0 Å². The number of hydrogen-bond acceptors (Lipinski definition) is 2. The molecule has 0 aliphatic heterocycles. The summed E-state index contributed by atoms with van der Waals surface area (Å²) in [5, 5.41) is 0. The molecule has 2 aromatic rings. The molecule has 0 aliphatic carbocycles. The summed E-state index contributed by atoms with van der Waals surface area (Å²) in [5.74, 6) is 0.455. The Morgan fingerprint density at radius 3 is 2.24 bits per heavy atom. The highest BCUT2D eigenvalue weighted by molar-refractivity contribution is 7.85. The fourth-order valence-corrected chi connectivity index (χ4v) is 3.42. The molecule has 0 aromatic heterocycles. The van der Waals surface area contributed by atoms with Crippen LogP contribution in [0.2, 0.25) is 0 Å². The third kappa shape index (κ3) is 4.51. The first-order chi connectivity index (χ1) is 10.1. The lowest BCUT2D eigenvalue weighted by Crippen LogP contribution is -2.18. The van der Waals surface area contributed by atoms with Gasteiger partial charge in [-0.25, -0.2) is 0 Å². The number of rotatable bonds is 6. The molecule has 0 bridgehead atoms. The summed E-state index contributed by atoms with van der Waals surface area (Å²) in [6, 6.07) is 16.0. The Labute approximate surface area is 129 Å². The second-order valence-corrected chi connectivity index (χ2v) is 6.92. The topological polar surface area (TPSA) is 43.1 Å². The summed E-state index contributed by atoms with van der Waals surface area (Å²) in [7, 11) is -1.06. The van der Waals surface area contributed by atoms with Gasteiger partial charge in [0.25, 0.3) is 0 Å². The van der Waals surface area contributed by atoms with E-state index in [0.29, 0.717) is 5.75 Å². The molecule has 0 saturated carbocycles. The van der Waals surface area contributed by atoms with Crippen LogP contribution in [0.5, 0.6) is 0 Å². The van der Waals surface area contributed by atoms with Crippen LogP contribution in [0.4, 0.5) is 0 Å². The van der Waals surface area contributed by atoms with E-state index in [2.05, 4.69) is 31.2 Å². The fourth-order valence-electron chi connectivity index (χ4n) is 2.27. The second-order valence-electron chi connectivity index (χ2n) is 5.42. The summed E-state index contributed by atoms with van der Waals surface area (Å²) in [6.07, 6.45) is 2.23. The SMILES string of the molecule is CCCc1ccc(C(N)CS(=O)c2ccc(C)cc2)cc1. The Hall–Kier alpha value is -1.45. The average Bonchev–Trinajstić information content (AvgIpc) is 2.49. The molecule has 0 aliphatic rings. The van der Waals surface area contributed by atoms with E-state index in [9.17, 15) is 4.21 Å². The number of hydrogen-bond donors (Lipinski definition) is 1. The molecule has 0 saturated heterocycles. The van der Waals surface area contributed by atoms with Crippen molar-refractivity contribution in [2.24, 2.45) is 5.73 Å². The molecule has 21 heavy (non-hydrogen) atoms. The van der Waals surface area contributed by atoms with Crippen molar-refractivity contribution < 1.29 is 4.21 Å². The number of aryl methyl sites for hydroxylation is 2. The third-order valence-corrected chi connectivity index (χ3v) is 5.02. The van der Waals surface area contributed by atoms with Gasteiger partial charge in [-0.3, -0.25) is 4.21 Å². The zero-order valence-electron chi connectivity index (χ0n) is 12.7. The first kappa shape index (κ1) is 15.9. The van der Waals surface area contributed by atoms with Crippen LogP contribution in [-0.4, -0.2) is 9.96 Å². The monoisotopic (exact) mass is 301 g/mol. The molecular weight excluding hydrogens is 278 g/mol. The van der Waals surface area contributed by atoms with Crippen molar-refractivity contribution in [2.75, 3.05) is 5.75 Å². The molecule has 0 amide bonds. The quantitative estimate of drug-likeness (QED) is 0.883. The summed E-state index contributed by atoms with van der Waals surface area (Å²) < 4.78 is 12.3. The maximum absolute atomic E-state index is 12.3. The van der Waals surface area contributed by atoms with E-state index in [1.54, 1.807) is 0 Å². The van der Waals surface area contributed by atoms with Gasteiger partial charge in [-0.2, -0.15) is 0 Å². The van der Waals surface area contributed by atoms with Crippen molar-refractivity contribution in [1.82, 2.24) is 0 Å². The molecular formula is C18H23NOS. The smallest absolute Gasteiger partial charge is 0.0548 e. The lowest BCUT2D eigenvalue weighted by Gasteiger charge is -2.12. The minimum absolute atomic E-state index is 0.192. The molecule has 2 aromatic carbocycles. The van der Waals surface area contributed by atoms with Crippen LogP contribution in [0.15, 0.2) is 53.4 Å². The Bertz CT molecular complexity index is 590. The Morgan fingerprint density at radius 1 is 1.05 bits per heavy atom. The first-order valence-electron chi connectivity index (χ1n) is 7.39. The van der Waals surface area contributed by atoms with Crippen LogP contribution >= 0.6 is 0 Å². The van der Waals surface area contributed by atoms with Gasteiger partial charge in [-0.15, -0.1) is 0 Å². The van der Waals surface area contributed by atoms with Gasteiger partial charge in [0.05, 0.1) is 10.8 Å². The van der Waals surface area contributed by atoms with Crippen LogP contribution in [-0.2, 0) is 17.2 Å². The van der Waals surface area contributed by atoms with Crippen molar-refractivity contribution in [3.63, 3.8) is 0 Å². The fraction of sp³-hybridized carbons (Fsp3) is 0.333. The standard InChI is InChI=1S/C18H23NOS/c1-3-4-15-7-9-16(10-8-15)18(19)13-21(20)17-11-5-14(2)6-12-17/h5-12,18H,3-4,13,19H2,1-2H3. The maximum Gasteiger partial charge on any atom is 0.0548 e. The molecule has 2 N–H and O–H groups in total. The van der Waals surface area contributed by atoms with E-state index in [1.165, 1.54) is 11.1 Å². The van der Waals surface area contributed by atoms with E-state index in [4.69, 9.17) is 5.73 Å². The maximum atomic E-state index is 12.3. The summed E-state index contributed by atoms with van der Waals surface area (Å²) in [5.41, 5.74) is 9.75. The van der Waals surface area contributed by atoms with Gasteiger partial charge >= 0.3 is 0 Å². The Morgan fingerprint density at radius 2 is 1.67 bits per heavy atom. The minimum atomic E-state index is -1.06. The number of nitrogens with two attached hydrogens (primary N) is 1. The average molecular weight is 301 g/mol. The molecule has 2 nitrogen and oxygen atoms in total. The van der Waals surface area contributed by atoms with Crippen LogP contribution in [0, 0.1) is 6.92 Å². The molecule has 0 spiro atoms. The summed E-state index contributed by atoms with van der Waals surface area (Å²) >= 11 is 0. The van der Waals surface area contributed by atoms with Crippen LogP contribution < -0.4 is 5.73 Å². The van der Waals surface area contributed by atoms with Crippen molar-refractivity contribution >= 4 is 10.8 Å². The van der Waals surface area contributed by atoms with Gasteiger partial charge < -0.3 is 5.73 Å². The van der Waals surface area contributed by atoms with Gasteiger partial charge in [0, 0.05) is 16.7 Å². The number of benzene rings is 2. The van der Waals surface area contributed by atoms with E-state index in [-0.39, 0.29) is 6.04 Å². The van der Waals surface area contributed by atoms with E-state index in [0.717, 1.165) is 23.3 Å². The molecule has 2 unspecified atom stereocenters. The van der Waals surface area contributed by atoms with Crippen molar-refractivity contribution in [2.45, 2.75) is 37.6 Å². The van der Waals surface area contributed by atoms with Crippen molar-refractivity contribution in [1.29, 1.82) is 0 Å². The van der Waals surface area contributed by atoms with Gasteiger partial charge in [0.1, 0.15) is 0 Å². The van der Waals surface area contributed by atoms with E-state index < -0.39 is 10.8 Å². The largest absolute Gasteiger partial charge is 0.323 e. The lowest BCUT2D eigenvalue weighted by atomic mass is 10.0. The van der Waals surface area contributed by atoms with Gasteiger partial charge in [-0.05, 0) is 36.6 Å². The predicted octanol–water partition coefficient (Wildman–Crippen LogP) is 3.76. The van der Waals surface area contributed by atoms with E-state index >= 15 is 0 Å². The summed E-state index contributed by atoms with van der Waals surface area (Å²) in [4.78, 5) is 0.846. The molecule has 2 atom stereocenters. The summed E-state index contributed by atoms with van der Waals surface area (Å²) in [6.45, 7) is 4.20. The molecule has 0 radical (unpaired) electrons. The second kappa shape index (κ2) is 7.53. The third-order valence-electron chi connectivity index (χ3n) is 3.56. The van der Waals surface area contributed by atoms with Crippen LogP contribution in [0.25, 0.3) is 0 Å². The molecule has 3 heteroatoms. The van der Waals surface area contributed by atoms with E-state index in [1.807, 2.05) is 31.2 Å². The highest BCUT2D eigenvalue weighted by Crippen LogP contribution is 2.17. The normalized spacial score (nSPS) is 13.9. The highest BCUT2D eigenvalue weighted by atomic mass is 32.2. The van der Waals surface area contributed by atoms with Gasteiger partial charge in [-0.1, -0.05) is 55.3 Å². The molecule has 2 rings (SSSR count). The lowest BCUT2D eigenvalue weighted by molar-refractivity contribution is 0.675. The van der Waals surface area contributed by atoms with Crippen molar-refractivity contribution in [3.8, 4) is 0 Å². The first-order valence-corrected chi connectivity index (χ1v) is 8.71. The highest BCUT2D eigenvalue weighted by Gasteiger charge is 2.12. The minimum Gasteiger partial charge on any atom is -0.323 e.